The standard InChI is InChI=1S/C10H7F2N3S/c11-9(12)15-8-4-2-1-3-7(8)14-10(15)16-6-5-13/h1-4,9H,6H2. The van der Waals surface area contributed by atoms with Crippen molar-refractivity contribution in [3.05, 3.63) is 24.3 Å². The van der Waals surface area contributed by atoms with Crippen LogP contribution in [0.4, 0.5) is 8.78 Å². The summed E-state index contributed by atoms with van der Waals surface area (Å²) in [7, 11) is 0. The van der Waals surface area contributed by atoms with E-state index in [9.17, 15) is 8.78 Å². The first-order valence-corrected chi connectivity index (χ1v) is 5.47. The molecule has 1 aromatic heterocycles. The third-order valence-corrected chi connectivity index (χ3v) is 2.84. The van der Waals surface area contributed by atoms with E-state index in [1.165, 1.54) is 0 Å². The van der Waals surface area contributed by atoms with Crippen LogP contribution in [0.2, 0.25) is 0 Å². The van der Waals surface area contributed by atoms with Crippen LogP contribution in [-0.2, 0) is 0 Å². The quantitative estimate of drug-likeness (QED) is 0.773. The number of thioether (sulfide) groups is 1. The largest absolute Gasteiger partial charge is 0.321 e. The van der Waals surface area contributed by atoms with Crippen LogP contribution >= 0.6 is 11.8 Å². The molecule has 0 aliphatic carbocycles. The van der Waals surface area contributed by atoms with Crippen LogP contribution in [-0.4, -0.2) is 15.3 Å². The van der Waals surface area contributed by atoms with E-state index in [0.29, 0.717) is 11.0 Å². The molecule has 0 bridgehead atoms. The predicted octanol–water partition coefficient (Wildman–Crippen LogP) is 3.05. The molecule has 0 radical (unpaired) electrons. The van der Waals surface area contributed by atoms with Crippen molar-refractivity contribution in [2.75, 3.05) is 5.75 Å². The zero-order valence-electron chi connectivity index (χ0n) is 8.10. The van der Waals surface area contributed by atoms with Gasteiger partial charge in [0.05, 0.1) is 22.9 Å². The fraction of sp³-hybridized carbons (Fsp3) is 0.200. The van der Waals surface area contributed by atoms with Gasteiger partial charge in [-0.1, -0.05) is 23.9 Å². The Morgan fingerprint density at radius 2 is 2.19 bits per heavy atom. The lowest BCUT2D eigenvalue weighted by molar-refractivity contribution is 0.0656. The fourth-order valence-electron chi connectivity index (χ4n) is 1.41. The van der Waals surface area contributed by atoms with E-state index in [-0.39, 0.29) is 10.9 Å². The molecule has 0 saturated heterocycles. The minimum absolute atomic E-state index is 0.107. The van der Waals surface area contributed by atoms with Crippen molar-refractivity contribution in [3.63, 3.8) is 0 Å². The molecule has 0 amide bonds. The molecular weight excluding hydrogens is 232 g/mol. The SMILES string of the molecule is N#CCSc1nc2ccccc2n1C(F)F. The van der Waals surface area contributed by atoms with Crippen molar-refractivity contribution < 1.29 is 8.78 Å². The summed E-state index contributed by atoms with van der Waals surface area (Å²) in [5, 5.41) is 8.62. The Labute approximate surface area is 94.7 Å². The maximum Gasteiger partial charge on any atom is 0.321 e. The van der Waals surface area contributed by atoms with E-state index in [4.69, 9.17) is 5.26 Å². The van der Waals surface area contributed by atoms with E-state index in [1.807, 2.05) is 6.07 Å². The maximum absolute atomic E-state index is 12.8. The van der Waals surface area contributed by atoms with Gasteiger partial charge >= 0.3 is 6.55 Å². The Morgan fingerprint density at radius 1 is 1.44 bits per heavy atom. The number of benzene rings is 1. The molecule has 0 unspecified atom stereocenters. The van der Waals surface area contributed by atoms with E-state index in [1.54, 1.807) is 24.3 Å². The molecule has 1 heterocycles. The van der Waals surface area contributed by atoms with Crippen molar-refractivity contribution in [2.45, 2.75) is 11.7 Å². The highest BCUT2D eigenvalue weighted by Crippen LogP contribution is 2.28. The van der Waals surface area contributed by atoms with E-state index in [2.05, 4.69) is 4.98 Å². The molecule has 0 atom stereocenters. The average molecular weight is 239 g/mol. The number of nitrogens with zero attached hydrogens (tertiary/aromatic N) is 3. The summed E-state index contributed by atoms with van der Waals surface area (Å²) >= 11 is 1.01. The summed E-state index contributed by atoms with van der Waals surface area (Å²) in [6.07, 6.45) is 0. The molecule has 0 N–H and O–H groups in total. The summed E-state index contributed by atoms with van der Waals surface area (Å²) in [4.78, 5) is 4.07. The molecule has 82 valence electrons. The summed E-state index contributed by atoms with van der Waals surface area (Å²) in [5.41, 5.74) is 0.904. The van der Waals surface area contributed by atoms with Gasteiger partial charge in [0, 0.05) is 0 Å². The monoisotopic (exact) mass is 239 g/mol. The molecule has 2 rings (SSSR count). The molecular formula is C10H7F2N3S. The number of hydrogen-bond donors (Lipinski definition) is 0. The van der Waals surface area contributed by atoms with E-state index >= 15 is 0 Å². The highest BCUT2D eigenvalue weighted by atomic mass is 32.2. The molecule has 0 fully saturated rings. The topological polar surface area (TPSA) is 41.6 Å². The molecule has 3 nitrogen and oxygen atoms in total. The second-order valence-electron chi connectivity index (χ2n) is 2.98. The Hall–Kier alpha value is -1.61. The van der Waals surface area contributed by atoms with Crippen molar-refractivity contribution in [1.29, 1.82) is 5.26 Å². The molecule has 0 aliphatic heterocycles. The van der Waals surface area contributed by atoms with Gasteiger partial charge in [0.2, 0.25) is 0 Å². The smallest absolute Gasteiger partial charge is 0.261 e. The zero-order chi connectivity index (χ0) is 11.5. The Kier molecular flexibility index (Phi) is 3.06. The number of fused-ring (bicyclic) bond motifs is 1. The number of rotatable bonds is 3. The summed E-state index contributed by atoms with van der Waals surface area (Å²) in [6.45, 7) is -2.64. The molecule has 6 heteroatoms. The predicted molar refractivity (Wildman–Crippen MR) is 57.3 cm³/mol. The molecule has 1 aromatic carbocycles. The van der Waals surface area contributed by atoms with Crippen LogP contribution in [0.5, 0.6) is 0 Å². The maximum atomic E-state index is 12.8. The first-order valence-electron chi connectivity index (χ1n) is 4.49. The van der Waals surface area contributed by atoms with Crippen molar-refractivity contribution >= 4 is 22.8 Å². The lowest BCUT2D eigenvalue weighted by atomic mass is 10.3. The Balaban J connectivity index is 2.55. The van der Waals surface area contributed by atoms with Crippen LogP contribution in [0.25, 0.3) is 11.0 Å². The third kappa shape index (κ3) is 1.86. The minimum Gasteiger partial charge on any atom is -0.261 e. The van der Waals surface area contributed by atoms with Gasteiger partial charge in [0.15, 0.2) is 5.16 Å². The lowest BCUT2D eigenvalue weighted by Crippen LogP contribution is -1.99. The fourth-order valence-corrected chi connectivity index (χ4v) is 2.08. The van der Waals surface area contributed by atoms with E-state index < -0.39 is 6.55 Å². The number of para-hydroxylation sites is 2. The Morgan fingerprint density at radius 3 is 2.88 bits per heavy atom. The average Bonchev–Trinajstić information content (AvgIpc) is 2.64. The molecule has 0 aliphatic rings. The van der Waals surface area contributed by atoms with Crippen LogP contribution in [0, 0.1) is 11.3 Å². The first-order chi connectivity index (χ1) is 7.74. The number of aromatic nitrogens is 2. The summed E-state index contributed by atoms with van der Waals surface area (Å²) < 4.78 is 26.5. The van der Waals surface area contributed by atoms with Crippen molar-refractivity contribution in [3.8, 4) is 6.07 Å². The molecule has 16 heavy (non-hydrogen) atoms. The van der Waals surface area contributed by atoms with Gasteiger partial charge in [-0.25, -0.2) is 4.98 Å². The van der Waals surface area contributed by atoms with Crippen molar-refractivity contribution in [2.24, 2.45) is 0 Å². The van der Waals surface area contributed by atoms with Gasteiger partial charge in [-0.15, -0.1) is 0 Å². The zero-order valence-corrected chi connectivity index (χ0v) is 8.92. The number of alkyl halides is 2. The Bertz CT molecular complexity index is 544. The summed E-state index contributed by atoms with van der Waals surface area (Å²) in [5.74, 6) is 0.107. The van der Waals surface area contributed by atoms with Gasteiger partial charge in [0.1, 0.15) is 0 Å². The van der Waals surface area contributed by atoms with Gasteiger partial charge in [-0.3, -0.25) is 4.57 Å². The van der Waals surface area contributed by atoms with E-state index in [0.717, 1.165) is 16.3 Å². The summed E-state index contributed by atoms with van der Waals surface area (Å²) in [6, 6.07) is 8.57. The van der Waals surface area contributed by atoms with Gasteiger partial charge in [-0.2, -0.15) is 14.0 Å². The minimum atomic E-state index is -2.64. The molecule has 0 saturated carbocycles. The number of nitriles is 1. The van der Waals surface area contributed by atoms with Crippen molar-refractivity contribution in [1.82, 2.24) is 9.55 Å². The normalized spacial score (nSPS) is 10.9. The number of hydrogen-bond acceptors (Lipinski definition) is 3. The molecule has 2 aromatic rings. The highest BCUT2D eigenvalue weighted by molar-refractivity contribution is 7.99. The number of imidazole rings is 1. The second-order valence-corrected chi connectivity index (χ2v) is 3.92. The van der Waals surface area contributed by atoms with Gasteiger partial charge < -0.3 is 0 Å². The van der Waals surface area contributed by atoms with Crippen LogP contribution in [0.1, 0.15) is 6.55 Å². The highest BCUT2D eigenvalue weighted by Gasteiger charge is 2.17. The van der Waals surface area contributed by atoms with Gasteiger partial charge in [-0.05, 0) is 12.1 Å². The number of halogens is 2. The van der Waals surface area contributed by atoms with Gasteiger partial charge in [0.25, 0.3) is 0 Å². The second kappa shape index (κ2) is 4.49. The first kappa shape index (κ1) is 10.9. The van der Waals surface area contributed by atoms with Crippen LogP contribution < -0.4 is 0 Å². The lowest BCUT2D eigenvalue weighted by Gasteiger charge is -2.05. The third-order valence-electron chi connectivity index (χ3n) is 2.02. The van der Waals surface area contributed by atoms with Crippen LogP contribution in [0.3, 0.4) is 0 Å². The van der Waals surface area contributed by atoms with Crippen LogP contribution in [0.15, 0.2) is 29.4 Å². The molecule has 0 spiro atoms.